The van der Waals surface area contributed by atoms with Gasteiger partial charge in [0.2, 0.25) is 0 Å². The minimum Gasteiger partial charge on any atom is -0.488 e. The standard InChI is InChI=1S/C29H26N2O5S2/c1-19(22-11-7-4-8-12-22)30(2)27(34)23-15-21(13-14-24(23)36-18-20-9-5-3-6-10-20)16-25-28(35)31(17-26(32)33)29(37)38-25/h3-16,19H,17-18H2,1-2H3,(H,32,33)/b25-16-/t19-/m0/s1. The third-order valence-corrected chi connectivity index (χ3v) is 7.50. The lowest BCUT2D eigenvalue weighted by Gasteiger charge is -2.26. The molecular formula is C29H26N2O5S2. The molecule has 7 nitrogen and oxygen atoms in total. The third kappa shape index (κ3) is 6.30. The maximum atomic E-state index is 13.7. The van der Waals surface area contributed by atoms with Gasteiger partial charge in [-0.1, -0.05) is 90.7 Å². The van der Waals surface area contributed by atoms with Crippen LogP contribution in [0.2, 0.25) is 0 Å². The molecule has 3 aromatic rings. The molecule has 0 spiro atoms. The van der Waals surface area contributed by atoms with Gasteiger partial charge in [0.15, 0.2) is 0 Å². The summed E-state index contributed by atoms with van der Waals surface area (Å²) in [5, 5.41) is 9.09. The zero-order valence-electron chi connectivity index (χ0n) is 20.9. The van der Waals surface area contributed by atoms with Gasteiger partial charge >= 0.3 is 5.97 Å². The first kappa shape index (κ1) is 27.1. The number of aliphatic carboxylic acids is 1. The van der Waals surface area contributed by atoms with Crippen LogP contribution in [0.15, 0.2) is 83.8 Å². The Balaban J connectivity index is 1.66. The van der Waals surface area contributed by atoms with Crippen LogP contribution in [0, 0.1) is 0 Å². The minimum absolute atomic E-state index is 0.180. The molecule has 0 bridgehead atoms. The van der Waals surface area contributed by atoms with E-state index in [4.69, 9.17) is 22.1 Å². The third-order valence-electron chi connectivity index (χ3n) is 6.12. The van der Waals surface area contributed by atoms with Crippen LogP contribution in [-0.4, -0.2) is 50.6 Å². The molecule has 194 valence electrons. The van der Waals surface area contributed by atoms with Gasteiger partial charge in [0, 0.05) is 7.05 Å². The summed E-state index contributed by atoms with van der Waals surface area (Å²) in [7, 11) is 1.74. The topological polar surface area (TPSA) is 87.2 Å². The summed E-state index contributed by atoms with van der Waals surface area (Å²) in [4.78, 5) is 40.6. The summed E-state index contributed by atoms with van der Waals surface area (Å²) in [6.45, 7) is 1.74. The second-order valence-electron chi connectivity index (χ2n) is 8.69. The highest BCUT2D eigenvalue weighted by Gasteiger charge is 2.33. The Kier molecular flexibility index (Phi) is 8.60. The number of thioether (sulfide) groups is 1. The molecule has 1 aliphatic rings. The molecule has 0 unspecified atom stereocenters. The van der Waals surface area contributed by atoms with E-state index in [1.54, 1.807) is 36.2 Å². The number of rotatable bonds is 9. The molecule has 38 heavy (non-hydrogen) atoms. The lowest BCUT2D eigenvalue weighted by Crippen LogP contribution is -2.33. The fourth-order valence-corrected chi connectivity index (χ4v) is 5.16. The highest BCUT2D eigenvalue weighted by Crippen LogP contribution is 2.34. The van der Waals surface area contributed by atoms with E-state index >= 15 is 0 Å². The summed E-state index contributed by atoms with van der Waals surface area (Å²) < 4.78 is 6.25. The number of ether oxygens (including phenoxy) is 1. The summed E-state index contributed by atoms with van der Waals surface area (Å²) in [5.74, 6) is -1.44. The number of nitrogens with zero attached hydrogens (tertiary/aromatic N) is 2. The average Bonchev–Trinajstić information content (AvgIpc) is 3.18. The molecule has 3 aromatic carbocycles. The zero-order valence-corrected chi connectivity index (χ0v) is 22.5. The van der Waals surface area contributed by atoms with Crippen LogP contribution in [0.5, 0.6) is 5.75 Å². The van der Waals surface area contributed by atoms with Crippen molar-refractivity contribution >= 4 is 52.2 Å². The quantitative estimate of drug-likeness (QED) is 0.285. The van der Waals surface area contributed by atoms with Crippen LogP contribution in [0.1, 0.15) is 40.0 Å². The molecule has 0 aromatic heterocycles. The smallest absolute Gasteiger partial charge is 0.323 e. The van der Waals surface area contributed by atoms with Gasteiger partial charge in [0.1, 0.15) is 23.2 Å². The summed E-state index contributed by atoms with van der Waals surface area (Å²) in [5.41, 5.74) is 2.90. The summed E-state index contributed by atoms with van der Waals surface area (Å²) in [6, 6.07) is 24.3. The fourth-order valence-electron chi connectivity index (χ4n) is 3.91. The summed E-state index contributed by atoms with van der Waals surface area (Å²) >= 11 is 6.22. The van der Waals surface area contributed by atoms with Gasteiger partial charge in [-0.15, -0.1) is 0 Å². The van der Waals surface area contributed by atoms with Crippen molar-refractivity contribution in [2.24, 2.45) is 0 Å². The first-order chi connectivity index (χ1) is 18.2. The Labute approximate surface area is 230 Å². The number of hydrogen-bond acceptors (Lipinski definition) is 6. The minimum atomic E-state index is -1.15. The van der Waals surface area contributed by atoms with Gasteiger partial charge in [-0.25, -0.2) is 0 Å². The molecule has 1 atom stereocenters. The van der Waals surface area contributed by atoms with Gasteiger partial charge in [-0.05, 0) is 41.8 Å². The molecule has 1 saturated heterocycles. The van der Waals surface area contributed by atoms with Gasteiger partial charge < -0.3 is 14.7 Å². The molecule has 0 saturated carbocycles. The molecule has 9 heteroatoms. The van der Waals surface area contributed by atoms with Crippen molar-refractivity contribution in [2.75, 3.05) is 13.6 Å². The fraction of sp³-hybridized carbons (Fsp3) is 0.172. The summed E-state index contributed by atoms with van der Waals surface area (Å²) in [6.07, 6.45) is 1.61. The van der Waals surface area contributed by atoms with Gasteiger partial charge in [0.05, 0.1) is 16.5 Å². The molecule has 2 amide bonds. The van der Waals surface area contributed by atoms with Gasteiger partial charge in [0.25, 0.3) is 11.8 Å². The van der Waals surface area contributed by atoms with Gasteiger partial charge in [-0.3, -0.25) is 19.3 Å². The molecule has 0 aliphatic carbocycles. The number of carbonyl (C=O) groups is 3. The SMILES string of the molecule is C[C@@H](c1ccccc1)N(C)C(=O)c1cc(/C=C2\SC(=S)N(CC(=O)O)C2=O)ccc1OCc1ccccc1. The number of carboxylic acids is 1. The molecule has 1 heterocycles. The highest BCUT2D eigenvalue weighted by atomic mass is 32.2. The number of carboxylic acid groups (broad SMARTS) is 1. The van der Waals surface area contributed by atoms with Crippen molar-refractivity contribution < 1.29 is 24.2 Å². The van der Waals surface area contributed by atoms with Crippen LogP contribution in [0.25, 0.3) is 6.08 Å². The van der Waals surface area contributed by atoms with Crippen LogP contribution in [0.4, 0.5) is 0 Å². The van der Waals surface area contributed by atoms with Gasteiger partial charge in [-0.2, -0.15) is 0 Å². The van der Waals surface area contributed by atoms with E-state index in [-0.39, 0.29) is 22.9 Å². The second-order valence-corrected chi connectivity index (χ2v) is 10.4. The van der Waals surface area contributed by atoms with E-state index < -0.39 is 18.4 Å². The molecule has 1 aliphatic heterocycles. The number of carbonyl (C=O) groups excluding carboxylic acids is 2. The van der Waals surface area contributed by atoms with Crippen LogP contribution in [-0.2, 0) is 16.2 Å². The normalized spacial score (nSPS) is 15.0. The Bertz CT molecular complexity index is 1390. The Morgan fingerprint density at radius 2 is 1.74 bits per heavy atom. The van der Waals surface area contributed by atoms with Crippen molar-refractivity contribution in [2.45, 2.75) is 19.6 Å². The number of thiocarbonyl (C=S) groups is 1. The van der Waals surface area contributed by atoms with E-state index in [2.05, 4.69) is 0 Å². The van der Waals surface area contributed by atoms with E-state index in [1.807, 2.05) is 67.6 Å². The zero-order chi connectivity index (χ0) is 27.2. The van der Waals surface area contributed by atoms with Crippen molar-refractivity contribution in [3.63, 3.8) is 0 Å². The maximum Gasteiger partial charge on any atom is 0.323 e. The molecule has 4 rings (SSSR count). The average molecular weight is 547 g/mol. The Morgan fingerprint density at radius 1 is 1.08 bits per heavy atom. The number of amides is 2. The van der Waals surface area contributed by atoms with Crippen molar-refractivity contribution in [1.82, 2.24) is 9.80 Å². The van der Waals surface area contributed by atoms with Crippen LogP contribution >= 0.6 is 24.0 Å². The predicted octanol–water partition coefficient (Wildman–Crippen LogP) is 5.38. The first-order valence-electron chi connectivity index (χ1n) is 11.8. The lowest BCUT2D eigenvalue weighted by molar-refractivity contribution is -0.140. The molecule has 1 fully saturated rings. The Hall–Kier alpha value is -3.95. The van der Waals surface area contributed by atoms with E-state index in [1.165, 1.54) is 0 Å². The number of benzene rings is 3. The monoisotopic (exact) mass is 546 g/mol. The van der Waals surface area contributed by atoms with E-state index in [9.17, 15) is 14.4 Å². The largest absolute Gasteiger partial charge is 0.488 e. The first-order valence-corrected chi connectivity index (χ1v) is 13.1. The molecule has 1 N–H and O–H groups in total. The predicted molar refractivity (Wildman–Crippen MR) is 152 cm³/mol. The van der Waals surface area contributed by atoms with Crippen molar-refractivity contribution in [3.8, 4) is 5.75 Å². The Morgan fingerprint density at radius 3 is 2.39 bits per heavy atom. The van der Waals surface area contributed by atoms with Crippen LogP contribution in [0.3, 0.4) is 0 Å². The van der Waals surface area contributed by atoms with Crippen molar-refractivity contribution in [1.29, 1.82) is 0 Å². The maximum absolute atomic E-state index is 13.7. The second kappa shape index (κ2) is 12.1. The lowest BCUT2D eigenvalue weighted by atomic mass is 10.0. The van der Waals surface area contributed by atoms with Crippen LogP contribution < -0.4 is 4.74 Å². The number of hydrogen-bond donors (Lipinski definition) is 1. The van der Waals surface area contributed by atoms with E-state index in [0.29, 0.717) is 21.8 Å². The highest BCUT2D eigenvalue weighted by molar-refractivity contribution is 8.26. The molecular weight excluding hydrogens is 520 g/mol. The molecule has 0 radical (unpaired) electrons. The van der Waals surface area contributed by atoms with Crippen molar-refractivity contribution in [3.05, 3.63) is 106 Å². The van der Waals surface area contributed by atoms with E-state index in [0.717, 1.165) is 27.8 Å².